The molecule has 0 aliphatic rings. The molecule has 0 aliphatic carbocycles. The lowest BCUT2D eigenvalue weighted by Crippen LogP contribution is -2.33. The molecule has 14 nitrogen and oxygen atoms in total. The molecular formula is C46H36Cl4F6N8O6. The van der Waals surface area contributed by atoms with Gasteiger partial charge in [-0.15, -0.1) is 0 Å². The third-order valence-corrected chi connectivity index (χ3v) is 11.4. The van der Waals surface area contributed by atoms with Gasteiger partial charge < -0.3 is 21.3 Å². The van der Waals surface area contributed by atoms with E-state index in [1.54, 1.807) is 13.8 Å². The average Bonchev–Trinajstić information content (AvgIpc) is 3.28. The Hall–Kier alpha value is -6.74. The summed E-state index contributed by atoms with van der Waals surface area (Å²) in [4.78, 5) is 78.9. The van der Waals surface area contributed by atoms with Gasteiger partial charge in [0.25, 0.3) is 23.6 Å². The van der Waals surface area contributed by atoms with E-state index in [2.05, 4.69) is 41.7 Å². The van der Waals surface area contributed by atoms with Gasteiger partial charge in [0.2, 0.25) is 12.1 Å². The molecule has 0 aromatic heterocycles. The van der Waals surface area contributed by atoms with E-state index in [1.165, 1.54) is 48.5 Å². The number of carbonyl (C=O) groups excluding carboxylic acids is 6. The summed E-state index contributed by atoms with van der Waals surface area (Å²) < 4.78 is 79.7. The van der Waals surface area contributed by atoms with E-state index in [-0.39, 0.29) is 78.2 Å². The van der Waals surface area contributed by atoms with Crippen LogP contribution in [0.3, 0.4) is 0 Å². The Morgan fingerprint density at radius 1 is 0.514 bits per heavy atom. The first-order valence-electron chi connectivity index (χ1n) is 20.4. The lowest BCUT2D eigenvalue weighted by molar-refractivity contribution is -0.138. The van der Waals surface area contributed by atoms with Crippen molar-refractivity contribution in [3.8, 4) is 0 Å². The Kier molecular flexibility index (Phi) is 17.6. The van der Waals surface area contributed by atoms with Gasteiger partial charge in [0.05, 0.1) is 53.7 Å². The van der Waals surface area contributed by atoms with E-state index in [0.29, 0.717) is 23.3 Å². The minimum atomic E-state index is -4.72. The number of carbonyl (C=O) groups is 6. The molecular weight excluding hydrogens is 1020 g/mol. The molecule has 2 atom stereocenters. The molecule has 0 fully saturated rings. The molecule has 0 aliphatic heterocycles. The van der Waals surface area contributed by atoms with Crippen molar-refractivity contribution in [2.75, 3.05) is 21.3 Å². The number of aryl methyl sites for hydroxylation is 2. The number of Topliss-reactive ketones (excluding diaryl/α,β-unsaturated/α-hetero) is 2. The Balaban J connectivity index is 1.32. The maximum absolute atomic E-state index is 13.6. The zero-order valence-electron chi connectivity index (χ0n) is 36.7. The largest absolute Gasteiger partial charge is 0.416 e. The zero-order valence-corrected chi connectivity index (χ0v) is 39.7. The van der Waals surface area contributed by atoms with Crippen LogP contribution < -0.4 is 21.3 Å². The van der Waals surface area contributed by atoms with Crippen LogP contribution in [0.2, 0.25) is 20.1 Å². The molecule has 0 saturated carbocycles. The van der Waals surface area contributed by atoms with Crippen LogP contribution in [0, 0.1) is 0 Å². The average molecular weight is 1050 g/mol. The molecule has 2 unspecified atom stereocenters. The third-order valence-electron chi connectivity index (χ3n) is 9.96. The molecule has 5 aromatic carbocycles. The molecule has 70 heavy (non-hydrogen) atoms. The Morgan fingerprint density at radius 3 is 1.19 bits per heavy atom. The number of azo groups is 2. The fourth-order valence-corrected chi connectivity index (χ4v) is 7.13. The van der Waals surface area contributed by atoms with Crippen molar-refractivity contribution >= 4 is 116 Å². The molecule has 366 valence electrons. The fraction of sp³-hybridized carbons (Fsp3) is 0.217. The van der Waals surface area contributed by atoms with Crippen molar-refractivity contribution in [2.24, 2.45) is 20.5 Å². The number of benzene rings is 5. The van der Waals surface area contributed by atoms with Crippen molar-refractivity contribution in [1.82, 2.24) is 0 Å². The molecule has 0 heterocycles. The van der Waals surface area contributed by atoms with E-state index < -0.39 is 70.8 Å². The highest BCUT2D eigenvalue weighted by atomic mass is 35.5. The molecule has 0 bridgehead atoms. The number of alkyl halides is 6. The summed E-state index contributed by atoms with van der Waals surface area (Å²) in [7, 11) is 0. The van der Waals surface area contributed by atoms with Gasteiger partial charge in [0.15, 0.2) is 11.6 Å². The highest BCUT2D eigenvalue weighted by Crippen LogP contribution is 2.37. The van der Waals surface area contributed by atoms with Gasteiger partial charge in [0.1, 0.15) is 11.4 Å². The van der Waals surface area contributed by atoms with Crippen molar-refractivity contribution in [2.45, 2.75) is 65.0 Å². The Morgan fingerprint density at radius 2 is 0.871 bits per heavy atom. The van der Waals surface area contributed by atoms with E-state index >= 15 is 0 Å². The Bertz CT molecular complexity index is 2770. The van der Waals surface area contributed by atoms with Crippen molar-refractivity contribution in [3.63, 3.8) is 0 Å². The van der Waals surface area contributed by atoms with Crippen LogP contribution in [0.15, 0.2) is 105 Å². The highest BCUT2D eigenvalue weighted by molar-refractivity contribution is 6.38. The molecule has 24 heteroatoms. The molecule has 4 amide bonds. The highest BCUT2D eigenvalue weighted by Gasteiger charge is 2.33. The molecule has 4 N–H and O–H groups in total. The second kappa shape index (κ2) is 22.8. The monoisotopic (exact) mass is 1050 g/mol. The third kappa shape index (κ3) is 13.3. The molecule has 0 spiro atoms. The van der Waals surface area contributed by atoms with Crippen molar-refractivity contribution < 1.29 is 55.1 Å². The van der Waals surface area contributed by atoms with Crippen LogP contribution in [0.1, 0.15) is 70.7 Å². The summed E-state index contributed by atoms with van der Waals surface area (Å²) in [5.74, 6) is -5.25. The maximum atomic E-state index is 13.6. The van der Waals surface area contributed by atoms with E-state index in [9.17, 15) is 55.1 Å². The quantitative estimate of drug-likeness (QED) is 0.0430. The normalized spacial score (nSPS) is 12.7. The van der Waals surface area contributed by atoms with Crippen LogP contribution in [-0.4, -0.2) is 47.3 Å². The SMILES string of the molecule is CCc1cc(NC(=O)C(N=Nc2cccc(C(=O)Nc3cc(C(F)(F)F)ccc3Cl)c2Cl)C(C)=O)c(CC)cc1NC(=O)C(N=Nc1cccc(C(=O)Nc2cc(C(F)(F)F)ccc2Cl)c1Cl)C(C)=O. The predicted octanol–water partition coefficient (Wildman–Crippen LogP) is 13.3. The summed E-state index contributed by atoms with van der Waals surface area (Å²) in [5.41, 5.74) is -2.29. The summed E-state index contributed by atoms with van der Waals surface area (Å²) in [6.07, 6.45) is -8.91. The Labute approximate surface area is 414 Å². The summed E-state index contributed by atoms with van der Waals surface area (Å²) in [5, 5.41) is 24.5. The number of nitrogens with zero attached hydrogens (tertiary/aromatic N) is 4. The van der Waals surface area contributed by atoms with Crippen LogP contribution in [-0.2, 0) is 44.4 Å². The summed E-state index contributed by atoms with van der Waals surface area (Å²) >= 11 is 24.9. The minimum Gasteiger partial charge on any atom is -0.323 e. The van der Waals surface area contributed by atoms with Crippen molar-refractivity contribution in [3.05, 3.63) is 138 Å². The van der Waals surface area contributed by atoms with E-state index in [0.717, 1.165) is 38.1 Å². The number of hydrogen-bond donors (Lipinski definition) is 4. The van der Waals surface area contributed by atoms with Crippen molar-refractivity contribution in [1.29, 1.82) is 0 Å². The van der Waals surface area contributed by atoms with Gasteiger partial charge in [-0.05, 0) is 111 Å². The number of ketones is 2. The lowest BCUT2D eigenvalue weighted by Gasteiger charge is -2.18. The number of halogens is 10. The second-order valence-corrected chi connectivity index (χ2v) is 16.5. The number of nitrogens with one attached hydrogen (secondary N) is 4. The first-order valence-corrected chi connectivity index (χ1v) is 21.9. The molecule has 5 rings (SSSR count). The minimum absolute atomic E-state index is 0.170. The van der Waals surface area contributed by atoms with E-state index in [1.807, 2.05) is 0 Å². The van der Waals surface area contributed by atoms with Gasteiger partial charge in [0, 0.05) is 11.4 Å². The number of rotatable bonds is 16. The van der Waals surface area contributed by atoms with E-state index in [4.69, 9.17) is 46.4 Å². The topological polar surface area (TPSA) is 200 Å². The van der Waals surface area contributed by atoms with Crippen LogP contribution >= 0.6 is 46.4 Å². The zero-order chi connectivity index (χ0) is 51.8. The number of anilines is 4. The van der Waals surface area contributed by atoms with Gasteiger partial charge >= 0.3 is 12.4 Å². The lowest BCUT2D eigenvalue weighted by atomic mass is 10.0. The van der Waals surface area contributed by atoms with Gasteiger partial charge in [-0.1, -0.05) is 72.4 Å². The summed E-state index contributed by atoms with van der Waals surface area (Å²) in [6.45, 7) is 5.62. The van der Waals surface area contributed by atoms with Gasteiger partial charge in [-0.25, -0.2) is 0 Å². The number of amides is 4. The summed E-state index contributed by atoms with van der Waals surface area (Å²) in [6, 6.07) is 12.1. The van der Waals surface area contributed by atoms with Gasteiger partial charge in [-0.2, -0.15) is 46.8 Å². The molecule has 5 aromatic rings. The van der Waals surface area contributed by atoms with Crippen LogP contribution in [0.5, 0.6) is 0 Å². The van der Waals surface area contributed by atoms with Crippen LogP contribution in [0.25, 0.3) is 0 Å². The second-order valence-electron chi connectivity index (χ2n) is 14.9. The maximum Gasteiger partial charge on any atom is 0.416 e. The van der Waals surface area contributed by atoms with Crippen LogP contribution in [0.4, 0.5) is 60.5 Å². The smallest absolute Gasteiger partial charge is 0.323 e. The number of hydrogen-bond acceptors (Lipinski definition) is 10. The predicted molar refractivity (Wildman–Crippen MR) is 252 cm³/mol. The molecule has 0 saturated heterocycles. The first kappa shape index (κ1) is 54.2. The fourth-order valence-electron chi connectivity index (χ4n) is 6.30. The molecule has 0 radical (unpaired) electrons. The first-order chi connectivity index (χ1) is 32.8. The standard InChI is InChI=1S/C46H36Cl4F6N8O6/c1-5-23-17-34(58-44(70)40(22(4)66)64-62-32-12-8-10-28(38(32)50)42(68)60-36-20-26(46(54,55)56)14-16-30(36)48)24(6-2)18-33(23)57-43(69)39(21(3)65)63-61-31-11-7-9-27(37(31)49)41(67)59-35-19-25(45(51,52)53)13-15-29(35)47/h7-20,39-40H,5-6H2,1-4H3,(H,57,69)(H,58,70)(H,59,67)(H,60,68). The van der Waals surface area contributed by atoms with Gasteiger partial charge in [-0.3, -0.25) is 28.8 Å².